The SMILES string of the molecule is Cn1cc(OCc2ccccc2)c(=O)cc1C(=O)Nc1ccncc1. The van der Waals surface area contributed by atoms with Crippen LogP contribution >= 0.6 is 0 Å². The molecule has 2 heterocycles. The van der Waals surface area contributed by atoms with Gasteiger partial charge >= 0.3 is 0 Å². The molecule has 0 fully saturated rings. The van der Waals surface area contributed by atoms with E-state index in [1.807, 2.05) is 30.3 Å². The van der Waals surface area contributed by atoms with Gasteiger partial charge < -0.3 is 14.6 Å². The third-order valence-electron chi connectivity index (χ3n) is 3.61. The third kappa shape index (κ3) is 4.11. The van der Waals surface area contributed by atoms with Crippen molar-refractivity contribution in [2.24, 2.45) is 7.05 Å². The molecule has 126 valence electrons. The second kappa shape index (κ2) is 7.44. The molecule has 0 unspecified atom stereocenters. The van der Waals surface area contributed by atoms with Crippen LogP contribution in [0.3, 0.4) is 0 Å². The van der Waals surface area contributed by atoms with Gasteiger partial charge in [0.05, 0.1) is 6.20 Å². The summed E-state index contributed by atoms with van der Waals surface area (Å²) < 4.78 is 7.15. The largest absolute Gasteiger partial charge is 0.483 e. The Labute approximate surface area is 144 Å². The minimum Gasteiger partial charge on any atom is -0.483 e. The van der Waals surface area contributed by atoms with Crippen molar-refractivity contribution in [2.75, 3.05) is 5.32 Å². The van der Waals surface area contributed by atoms with E-state index in [9.17, 15) is 9.59 Å². The number of ether oxygens (including phenoxy) is 1. The highest BCUT2D eigenvalue weighted by Crippen LogP contribution is 2.11. The van der Waals surface area contributed by atoms with E-state index in [0.29, 0.717) is 12.3 Å². The van der Waals surface area contributed by atoms with Crippen LogP contribution in [0.15, 0.2) is 71.9 Å². The van der Waals surface area contributed by atoms with Crippen molar-refractivity contribution < 1.29 is 9.53 Å². The number of nitrogens with one attached hydrogen (secondary N) is 1. The lowest BCUT2D eigenvalue weighted by Gasteiger charge is -2.12. The average molecular weight is 335 g/mol. The molecule has 6 heteroatoms. The van der Waals surface area contributed by atoms with Gasteiger partial charge in [-0.25, -0.2) is 0 Å². The van der Waals surface area contributed by atoms with Crippen LogP contribution in [-0.4, -0.2) is 15.5 Å². The molecule has 3 rings (SSSR count). The van der Waals surface area contributed by atoms with Crippen molar-refractivity contribution in [2.45, 2.75) is 6.61 Å². The molecule has 0 aliphatic heterocycles. The van der Waals surface area contributed by atoms with Gasteiger partial charge in [-0.3, -0.25) is 14.6 Å². The molecule has 6 nitrogen and oxygen atoms in total. The van der Waals surface area contributed by atoms with Crippen LogP contribution in [0.2, 0.25) is 0 Å². The van der Waals surface area contributed by atoms with Crippen molar-refractivity contribution in [3.8, 4) is 5.75 Å². The lowest BCUT2D eigenvalue weighted by Crippen LogP contribution is -2.21. The molecule has 0 spiro atoms. The number of carbonyl (C=O) groups is 1. The van der Waals surface area contributed by atoms with E-state index >= 15 is 0 Å². The van der Waals surface area contributed by atoms with Crippen LogP contribution in [-0.2, 0) is 13.7 Å². The molecule has 3 aromatic rings. The van der Waals surface area contributed by atoms with Crippen molar-refractivity contribution >= 4 is 11.6 Å². The topological polar surface area (TPSA) is 73.2 Å². The van der Waals surface area contributed by atoms with Crippen molar-refractivity contribution in [3.63, 3.8) is 0 Å². The maximum Gasteiger partial charge on any atom is 0.272 e. The van der Waals surface area contributed by atoms with Gasteiger partial charge in [-0.05, 0) is 17.7 Å². The molecule has 0 aliphatic rings. The summed E-state index contributed by atoms with van der Waals surface area (Å²) in [6.45, 7) is 0.290. The second-order valence-electron chi connectivity index (χ2n) is 5.46. The molecule has 0 aliphatic carbocycles. The minimum absolute atomic E-state index is 0.201. The number of hydrogen-bond acceptors (Lipinski definition) is 4. The quantitative estimate of drug-likeness (QED) is 0.778. The fourth-order valence-electron chi connectivity index (χ4n) is 2.31. The van der Waals surface area contributed by atoms with Crippen LogP contribution in [0, 0.1) is 0 Å². The number of rotatable bonds is 5. The number of carbonyl (C=O) groups excluding carboxylic acids is 1. The third-order valence-corrected chi connectivity index (χ3v) is 3.61. The van der Waals surface area contributed by atoms with E-state index in [0.717, 1.165) is 5.56 Å². The van der Waals surface area contributed by atoms with E-state index in [2.05, 4.69) is 10.3 Å². The summed E-state index contributed by atoms with van der Waals surface area (Å²) in [6.07, 6.45) is 4.68. The summed E-state index contributed by atoms with van der Waals surface area (Å²) in [7, 11) is 1.69. The van der Waals surface area contributed by atoms with Gasteiger partial charge in [0.1, 0.15) is 12.3 Å². The molecule has 0 radical (unpaired) electrons. The summed E-state index contributed by atoms with van der Waals surface area (Å²) in [6, 6.07) is 14.2. The van der Waals surface area contributed by atoms with E-state index in [-0.39, 0.29) is 22.8 Å². The van der Waals surface area contributed by atoms with Crippen molar-refractivity contribution in [1.29, 1.82) is 0 Å². The van der Waals surface area contributed by atoms with Gasteiger partial charge in [-0.15, -0.1) is 0 Å². The highest BCUT2D eigenvalue weighted by atomic mass is 16.5. The molecule has 0 saturated carbocycles. The molecule has 1 amide bonds. The Morgan fingerprint density at radius 3 is 2.60 bits per heavy atom. The Bertz CT molecular complexity index is 922. The Morgan fingerprint density at radius 2 is 1.88 bits per heavy atom. The number of benzene rings is 1. The minimum atomic E-state index is -0.375. The Morgan fingerprint density at radius 1 is 1.16 bits per heavy atom. The van der Waals surface area contributed by atoms with Crippen LogP contribution in [0.25, 0.3) is 0 Å². The maximum atomic E-state index is 12.3. The summed E-state index contributed by atoms with van der Waals surface area (Å²) in [5.41, 5.74) is 1.48. The first-order valence-corrected chi connectivity index (χ1v) is 7.72. The van der Waals surface area contributed by atoms with E-state index in [1.165, 1.54) is 12.3 Å². The predicted molar refractivity (Wildman–Crippen MR) is 94.6 cm³/mol. The molecule has 2 aromatic heterocycles. The smallest absolute Gasteiger partial charge is 0.272 e. The summed E-state index contributed by atoms with van der Waals surface area (Å²) in [4.78, 5) is 28.5. The van der Waals surface area contributed by atoms with Crippen LogP contribution in [0.1, 0.15) is 16.1 Å². The number of amides is 1. The van der Waals surface area contributed by atoms with Crippen molar-refractivity contribution in [3.05, 3.63) is 88.6 Å². The van der Waals surface area contributed by atoms with Gasteiger partial charge in [0.15, 0.2) is 5.75 Å². The van der Waals surface area contributed by atoms with Crippen LogP contribution in [0.4, 0.5) is 5.69 Å². The zero-order valence-corrected chi connectivity index (χ0v) is 13.7. The zero-order valence-electron chi connectivity index (χ0n) is 13.7. The number of nitrogens with zero attached hydrogens (tertiary/aromatic N) is 2. The highest BCUT2D eigenvalue weighted by molar-refractivity contribution is 6.03. The molecule has 1 aromatic carbocycles. The van der Waals surface area contributed by atoms with Gasteiger partial charge in [0, 0.05) is 31.2 Å². The first-order chi connectivity index (χ1) is 12.1. The summed E-state index contributed by atoms with van der Waals surface area (Å²) in [5.74, 6) is -0.174. The zero-order chi connectivity index (χ0) is 17.6. The monoisotopic (exact) mass is 335 g/mol. The van der Waals surface area contributed by atoms with Crippen LogP contribution < -0.4 is 15.5 Å². The number of anilines is 1. The number of aromatic nitrogens is 2. The summed E-state index contributed by atoms with van der Waals surface area (Å²) >= 11 is 0. The molecule has 0 saturated heterocycles. The van der Waals surface area contributed by atoms with Crippen molar-refractivity contribution in [1.82, 2.24) is 9.55 Å². The Kier molecular flexibility index (Phi) is 4.89. The summed E-state index contributed by atoms with van der Waals surface area (Å²) in [5, 5.41) is 2.72. The Balaban J connectivity index is 1.75. The normalized spacial score (nSPS) is 10.3. The fourth-order valence-corrected chi connectivity index (χ4v) is 2.31. The first-order valence-electron chi connectivity index (χ1n) is 7.72. The molecule has 0 bridgehead atoms. The lowest BCUT2D eigenvalue weighted by molar-refractivity contribution is 0.101. The van der Waals surface area contributed by atoms with Gasteiger partial charge in [-0.1, -0.05) is 30.3 Å². The average Bonchev–Trinajstić information content (AvgIpc) is 2.63. The standard InChI is InChI=1S/C19H17N3O3/c1-22-12-18(25-13-14-5-3-2-4-6-14)17(23)11-16(22)19(24)21-15-7-9-20-10-8-15/h2-12H,13H2,1H3,(H,20,21,24). The number of aryl methyl sites for hydroxylation is 1. The maximum absolute atomic E-state index is 12.3. The van der Waals surface area contributed by atoms with E-state index < -0.39 is 0 Å². The number of pyridine rings is 2. The van der Waals surface area contributed by atoms with E-state index in [4.69, 9.17) is 4.74 Å². The first kappa shape index (κ1) is 16.4. The van der Waals surface area contributed by atoms with Gasteiger partial charge in [0.25, 0.3) is 5.91 Å². The Hall–Kier alpha value is -3.41. The number of hydrogen-bond donors (Lipinski definition) is 1. The molecular formula is C19H17N3O3. The molecule has 0 atom stereocenters. The lowest BCUT2D eigenvalue weighted by atomic mass is 10.2. The van der Waals surface area contributed by atoms with Gasteiger partial charge in [-0.2, -0.15) is 0 Å². The van der Waals surface area contributed by atoms with Gasteiger partial charge in [0.2, 0.25) is 5.43 Å². The predicted octanol–water partition coefficient (Wildman–Crippen LogP) is 2.61. The van der Waals surface area contributed by atoms with E-state index in [1.54, 1.807) is 36.1 Å². The fraction of sp³-hybridized carbons (Fsp3) is 0.105. The second-order valence-corrected chi connectivity index (χ2v) is 5.46. The highest BCUT2D eigenvalue weighted by Gasteiger charge is 2.13. The molecular weight excluding hydrogens is 318 g/mol. The molecule has 25 heavy (non-hydrogen) atoms. The molecule has 1 N–H and O–H groups in total. The van der Waals surface area contributed by atoms with Crippen LogP contribution in [0.5, 0.6) is 5.75 Å².